The molecule has 0 fully saturated rings. The monoisotopic (exact) mass is 361 g/mol. The van der Waals surface area contributed by atoms with Gasteiger partial charge in [-0.2, -0.15) is 0 Å². The Balaban J connectivity index is 2.07. The van der Waals surface area contributed by atoms with Gasteiger partial charge in [-0.15, -0.1) is 0 Å². The quantitative estimate of drug-likeness (QED) is 0.676. The van der Waals surface area contributed by atoms with Crippen molar-refractivity contribution in [3.8, 4) is 0 Å². The van der Waals surface area contributed by atoms with E-state index < -0.39 is 0 Å². The van der Waals surface area contributed by atoms with Crippen LogP contribution in [0.3, 0.4) is 0 Å². The van der Waals surface area contributed by atoms with Crippen LogP contribution in [0.2, 0.25) is 0 Å². The first kappa shape index (κ1) is 19.6. The van der Waals surface area contributed by atoms with Crippen LogP contribution in [0.5, 0.6) is 0 Å². The Morgan fingerprint density at radius 1 is 0.923 bits per heavy atom. The minimum atomic E-state index is -0.383. The van der Waals surface area contributed by atoms with Gasteiger partial charge in [0.25, 0.3) is 0 Å². The highest BCUT2D eigenvalue weighted by molar-refractivity contribution is 5.79. The van der Waals surface area contributed by atoms with Gasteiger partial charge < -0.3 is 9.64 Å². The molecule has 0 saturated carbocycles. The lowest BCUT2D eigenvalue weighted by Crippen LogP contribution is -2.34. The van der Waals surface area contributed by atoms with Gasteiger partial charge in [-0.3, -0.25) is 9.59 Å². The van der Waals surface area contributed by atoms with E-state index >= 15 is 0 Å². The van der Waals surface area contributed by atoms with E-state index in [1.54, 1.807) is 31.2 Å². The van der Waals surface area contributed by atoms with Gasteiger partial charge in [0.1, 0.15) is 11.6 Å². The minimum Gasteiger partial charge on any atom is -0.466 e. The number of carbonyl (C=O) groups excluding carboxylic acids is 2. The Morgan fingerprint density at radius 3 is 2.00 bits per heavy atom. The van der Waals surface area contributed by atoms with Gasteiger partial charge >= 0.3 is 5.97 Å². The number of halogens is 2. The lowest BCUT2D eigenvalue weighted by atomic mass is 10.1. The Labute approximate surface area is 151 Å². The molecule has 0 aromatic heterocycles. The normalized spacial score (nSPS) is 10.4. The van der Waals surface area contributed by atoms with Gasteiger partial charge in [-0.1, -0.05) is 24.3 Å². The van der Waals surface area contributed by atoms with E-state index in [0.717, 1.165) is 5.56 Å². The Morgan fingerprint density at radius 2 is 1.46 bits per heavy atom. The lowest BCUT2D eigenvalue weighted by molar-refractivity contribution is -0.144. The van der Waals surface area contributed by atoms with Crippen molar-refractivity contribution in [2.24, 2.45) is 0 Å². The third kappa shape index (κ3) is 6.27. The molecule has 0 N–H and O–H groups in total. The smallest absolute Gasteiger partial charge is 0.307 e. The number of amides is 1. The van der Waals surface area contributed by atoms with Crippen molar-refractivity contribution in [3.05, 3.63) is 71.3 Å². The average Bonchev–Trinajstić information content (AvgIpc) is 2.62. The first-order valence-electron chi connectivity index (χ1n) is 8.40. The van der Waals surface area contributed by atoms with E-state index in [2.05, 4.69) is 0 Å². The zero-order chi connectivity index (χ0) is 18.9. The molecule has 0 radical (unpaired) electrons. The Bertz CT molecular complexity index is 730. The number of nitrogens with zero attached hydrogens (tertiary/aromatic N) is 1. The standard InChI is InChI=1S/C20H21F2NO3/c1-2-26-20(25)11-12-23(14-16-5-9-18(22)10-6-16)19(24)13-15-3-7-17(21)8-4-15/h3-10H,2,11-14H2,1H3. The highest BCUT2D eigenvalue weighted by Gasteiger charge is 2.17. The molecule has 2 aromatic rings. The summed E-state index contributed by atoms with van der Waals surface area (Å²) in [5, 5.41) is 0. The highest BCUT2D eigenvalue weighted by atomic mass is 19.1. The van der Waals surface area contributed by atoms with E-state index in [1.165, 1.54) is 29.2 Å². The Hall–Kier alpha value is -2.76. The number of esters is 1. The molecule has 2 rings (SSSR count). The zero-order valence-corrected chi connectivity index (χ0v) is 14.6. The molecule has 0 spiro atoms. The fraction of sp³-hybridized carbons (Fsp3) is 0.300. The SMILES string of the molecule is CCOC(=O)CCN(Cc1ccc(F)cc1)C(=O)Cc1ccc(F)cc1. The molecular formula is C20H21F2NO3. The summed E-state index contributed by atoms with van der Waals surface area (Å²) in [6.07, 6.45) is 0.161. The van der Waals surface area contributed by atoms with Crippen molar-refractivity contribution in [2.45, 2.75) is 26.3 Å². The predicted octanol–water partition coefficient (Wildman–Crippen LogP) is 3.49. The second-order valence-electron chi connectivity index (χ2n) is 5.80. The van der Waals surface area contributed by atoms with Crippen LogP contribution in [-0.4, -0.2) is 29.9 Å². The maximum Gasteiger partial charge on any atom is 0.307 e. The first-order chi connectivity index (χ1) is 12.5. The summed E-state index contributed by atoms with van der Waals surface area (Å²) in [6.45, 7) is 2.43. The van der Waals surface area contributed by atoms with Crippen molar-refractivity contribution < 1.29 is 23.1 Å². The molecular weight excluding hydrogens is 340 g/mol. The number of hydrogen-bond donors (Lipinski definition) is 0. The third-order valence-corrected chi connectivity index (χ3v) is 3.80. The van der Waals surface area contributed by atoms with E-state index in [4.69, 9.17) is 4.74 Å². The molecule has 0 atom stereocenters. The van der Waals surface area contributed by atoms with E-state index in [-0.39, 0.29) is 56.0 Å². The van der Waals surface area contributed by atoms with Crippen molar-refractivity contribution in [2.75, 3.05) is 13.2 Å². The molecule has 6 heteroatoms. The molecule has 0 aliphatic heterocycles. The summed E-state index contributed by atoms with van der Waals surface area (Å²) < 4.78 is 31.0. The van der Waals surface area contributed by atoms with Crippen molar-refractivity contribution in [3.63, 3.8) is 0 Å². The molecule has 0 aliphatic rings. The fourth-order valence-corrected chi connectivity index (χ4v) is 2.45. The zero-order valence-electron chi connectivity index (χ0n) is 14.6. The van der Waals surface area contributed by atoms with Gasteiger partial charge in [0.15, 0.2) is 0 Å². The summed E-state index contributed by atoms with van der Waals surface area (Å²) in [6, 6.07) is 11.5. The number of ether oxygens (including phenoxy) is 1. The van der Waals surface area contributed by atoms with Crippen molar-refractivity contribution >= 4 is 11.9 Å². The van der Waals surface area contributed by atoms with Gasteiger partial charge in [-0.05, 0) is 42.3 Å². The molecule has 0 aliphatic carbocycles. The van der Waals surface area contributed by atoms with Crippen LogP contribution < -0.4 is 0 Å². The van der Waals surface area contributed by atoms with E-state index in [9.17, 15) is 18.4 Å². The van der Waals surface area contributed by atoms with Gasteiger partial charge in [0.2, 0.25) is 5.91 Å². The van der Waals surface area contributed by atoms with Crippen LogP contribution in [0.15, 0.2) is 48.5 Å². The summed E-state index contributed by atoms with van der Waals surface area (Å²) in [4.78, 5) is 25.8. The molecule has 1 amide bonds. The number of carbonyl (C=O) groups is 2. The van der Waals surface area contributed by atoms with Crippen LogP contribution in [0, 0.1) is 11.6 Å². The van der Waals surface area contributed by atoms with Crippen LogP contribution in [-0.2, 0) is 27.3 Å². The van der Waals surface area contributed by atoms with Gasteiger partial charge in [-0.25, -0.2) is 8.78 Å². The molecule has 0 bridgehead atoms. The van der Waals surface area contributed by atoms with Crippen LogP contribution in [0.25, 0.3) is 0 Å². The molecule has 138 valence electrons. The molecule has 0 saturated heterocycles. The third-order valence-electron chi connectivity index (χ3n) is 3.80. The first-order valence-corrected chi connectivity index (χ1v) is 8.40. The lowest BCUT2D eigenvalue weighted by Gasteiger charge is -2.23. The van der Waals surface area contributed by atoms with E-state index in [0.29, 0.717) is 5.56 Å². The molecule has 2 aromatic carbocycles. The molecule has 0 heterocycles. The topological polar surface area (TPSA) is 46.6 Å². The maximum atomic E-state index is 13.1. The van der Waals surface area contributed by atoms with Gasteiger partial charge in [0.05, 0.1) is 19.4 Å². The van der Waals surface area contributed by atoms with Crippen LogP contribution in [0.1, 0.15) is 24.5 Å². The summed E-state index contributed by atoms with van der Waals surface area (Å²) in [5.74, 6) is -1.31. The van der Waals surface area contributed by atoms with Crippen molar-refractivity contribution in [1.82, 2.24) is 4.90 Å². The van der Waals surface area contributed by atoms with Crippen LogP contribution >= 0.6 is 0 Å². The Kier molecular flexibility index (Phi) is 7.26. The largest absolute Gasteiger partial charge is 0.466 e. The molecule has 4 nitrogen and oxygen atoms in total. The van der Waals surface area contributed by atoms with Gasteiger partial charge in [0, 0.05) is 13.1 Å². The second kappa shape index (κ2) is 9.65. The minimum absolute atomic E-state index is 0.0736. The number of rotatable bonds is 8. The summed E-state index contributed by atoms with van der Waals surface area (Å²) in [7, 11) is 0. The fourth-order valence-electron chi connectivity index (χ4n) is 2.45. The average molecular weight is 361 g/mol. The molecule has 26 heavy (non-hydrogen) atoms. The highest BCUT2D eigenvalue weighted by Crippen LogP contribution is 2.11. The maximum absolute atomic E-state index is 13.1. The van der Waals surface area contributed by atoms with E-state index in [1.807, 2.05) is 0 Å². The number of benzene rings is 2. The number of hydrogen-bond acceptors (Lipinski definition) is 3. The summed E-state index contributed by atoms with van der Waals surface area (Å²) >= 11 is 0. The summed E-state index contributed by atoms with van der Waals surface area (Å²) in [5.41, 5.74) is 1.43. The second-order valence-corrected chi connectivity index (χ2v) is 5.80. The van der Waals surface area contributed by atoms with Crippen LogP contribution in [0.4, 0.5) is 8.78 Å². The van der Waals surface area contributed by atoms with Crippen molar-refractivity contribution in [1.29, 1.82) is 0 Å². The molecule has 0 unspecified atom stereocenters. The predicted molar refractivity (Wildman–Crippen MR) is 93.2 cm³/mol.